The van der Waals surface area contributed by atoms with Crippen LogP contribution in [0, 0.1) is 0 Å². The highest BCUT2D eigenvalue weighted by Gasteiger charge is 2.63. The van der Waals surface area contributed by atoms with Gasteiger partial charge in [0.2, 0.25) is 0 Å². The summed E-state index contributed by atoms with van der Waals surface area (Å²) in [5, 5.41) is 6.60. The number of hydrogen-bond acceptors (Lipinski definition) is 12. The first kappa shape index (κ1) is 35.7. The van der Waals surface area contributed by atoms with Gasteiger partial charge in [0, 0.05) is 52.4 Å². The largest absolute Gasteiger partial charge is 0.465 e. The smallest absolute Gasteiger partial charge is 0.350 e. The van der Waals surface area contributed by atoms with Gasteiger partial charge in [-0.05, 0) is 69.2 Å². The second-order valence-electron chi connectivity index (χ2n) is 12.8. The fraction of sp³-hybridized carbons (Fsp3) is 0.857. The molecular weight excluding hydrogens is 520 g/mol. The maximum absolute atomic E-state index is 14.1. The van der Waals surface area contributed by atoms with Crippen molar-refractivity contribution < 1.29 is 38.1 Å². The van der Waals surface area contributed by atoms with E-state index in [0.29, 0.717) is 32.7 Å². The number of nitrogens with zero attached hydrogens (tertiary/aromatic N) is 2. The third-order valence-electron chi connectivity index (χ3n) is 5.54. The van der Waals surface area contributed by atoms with Crippen molar-refractivity contribution in [3.8, 4) is 0 Å². The van der Waals surface area contributed by atoms with Crippen LogP contribution < -0.4 is 10.6 Å². The van der Waals surface area contributed by atoms with Crippen LogP contribution in [0.3, 0.4) is 0 Å². The molecule has 0 radical (unpaired) electrons. The maximum atomic E-state index is 14.1. The minimum atomic E-state index is -2.55. The van der Waals surface area contributed by atoms with Gasteiger partial charge in [-0.2, -0.15) is 0 Å². The van der Waals surface area contributed by atoms with Crippen LogP contribution in [0.1, 0.15) is 69.2 Å². The average molecular weight is 573 g/mol. The zero-order valence-electron chi connectivity index (χ0n) is 26.2. The van der Waals surface area contributed by atoms with Crippen LogP contribution in [-0.4, -0.2) is 122 Å². The van der Waals surface area contributed by atoms with E-state index in [9.17, 15) is 19.2 Å². The Bertz CT molecular complexity index is 789. The number of rotatable bonds is 7. The first-order valence-corrected chi connectivity index (χ1v) is 14.1. The molecule has 0 aromatic carbocycles. The zero-order chi connectivity index (χ0) is 30.8. The lowest BCUT2D eigenvalue weighted by molar-refractivity contribution is -0.201. The van der Waals surface area contributed by atoms with Gasteiger partial charge < -0.3 is 29.6 Å². The van der Waals surface area contributed by atoms with Crippen molar-refractivity contribution in [2.45, 2.75) is 91.6 Å². The maximum Gasteiger partial charge on any atom is 0.350 e. The van der Waals surface area contributed by atoms with Gasteiger partial charge in [0.05, 0.1) is 13.2 Å². The monoisotopic (exact) mass is 572 g/mol. The molecule has 12 heteroatoms. The van der Waals surface area contributed by atoms with Crippen molar-refractivity contribution >= 4 is 23.9 Å². The van der Waals surface area contributed by atoms with Gasteiger partial charge in [-0.15, -0.1) is 0 Å². The molecule has 1 rings (SSSR count). The second kappa shape index (κ2) is 15.1. The SMILES string of the molecule is CCOC(=O)CN1CCNCCNCCN(C(C(=O)OC(C)(C)C)(C(=O)OC(C)(C)C)C(=O)OC(C)(C)C)CC1. The zero-order valence-corrected chi connectivity index (χ0v) is 26.2. The van der Waals surface area contributed by atoms with E-state index < -0.39 is 40.2 Å². The minimum Gasteiger partial charge on any atom is -0.465 e. The van der Waals surface area contributed by atoms with Crippen LogP contribution in [-0.2, 0) is 38.1 Å². The fourth-order valence-corrected chi connectivity index (χ4v) is 3.94. The number of hydrogen-bond donors (Lipinski definition) is 2. The van der Waals surface area contributed by atoms with Gasteiger partial charge in [0.15, 0.2) is 0 Å². The van der Waals surface area contributed by atoms with Crippen molar-refractivity contribution in [2.24, 2.45) is 0 Å². The van der Waals surface area contributed by atoms with Gasteiger partial charge in [0.1, 0.15) is 16.8 Å². The van der Waals surface area contributed by atoms with Crippen molar-refractivity contribution in [1.82, 2.24) is 20.4 Å². The third-order valence-corrected chi connectivity index (χ3v) is 5.54. The van der Waals surface area contributed by atoms with E-state index in [-0.39, 0.29) is 38.8 Å². The van der Waals surface area contributed by atoms with E-state index in [1.54, 1.807) is 69.2 Å². The van der Waals surface area contributed by atoms with Crippen molar-refractivity contribution in [1.29, 1.82) is 0 Å². The Morgan fingerprint density at radius 1 is 0.625 bits per heavy atom. The summed E-state index contributed by atoms with van der Waals surface area (Å²) in [5.41, 5.74) is -5.59. The summed E-state index contributed by atoms with van der Waals surface area (Å²) in [7, 11) is 0. The Hall–Kier alpha value is -2.28. The summed E-state index contributed by atoms with van der Waals surface area (Å²) >= 11 is 0. The second-order valence-corrected chi connectivity index (χ2v) is 12.8. The molecule has 0 aliphatic carbocycles. The molecule has 0 aromatic rings. The molecular formula is C28H52N4O8. The van der Waals surface area contributed by atoms with E-state index in [2.05, 4.69) is 10.6 Å². The molecule has 1 aliphatic rings. The summed E-state index contributed by atoms with van der Waals surface area (Å²) in [4.78, 5) is 57.9. The minimum absolute atomic E-state index is 0.0138. The summed E-state index contributed by atoms with van der Waals surface area (Å²) in [5.74, 6) is -3.61. The van der Waals surface area contributed by atoms with E-state index >= 15 is 0 Å². The lowest BCUT2D eigenvalue weighted by Gasteiger charge is -2.42. The highest BCUT2D eigenvalue weighted by molar-refractivity contribution is 6.23. The molecule has 0 amide bonds. The lowest BCUT2D eigenvalue weighted by atomic mass is 9.94. The molecule has 1 fully saturated rings. The molecule has 232 valence electrons. The van der Waals surface area contributed by atoms with Crippen LogP contribution in [0.25, 0.3) is 0 Å². The van der Waals surface area contributed by atoms with Gasteiger partial charge >= 0.3 is 29.4 Å². The Kier molecular flexibility index (Phi) is 13.5. The van der Waals surface area contributed by atoms with Crippen molar-refractivity contribution in [3.05, 3.63) is 0 Å². The van der Waals surface area contributed by atoms with E-state index in [0.717, 1.165) is 0 Å². The van der Waals surface area contributed by atoms with E-state index in [1.807, 2.05) is 4.90 Å². The molecule has 40 heavy (non-hydrogen) atoms. The first-order valence-electron chi connectivity index (χ1n) is 14.1. The van der Waals surface area contributed by atoms with Crippen molar-refractivity contribution in [3.63, 3.8) is 0 Å². The Labute approximate surface area is 239 Å². The number of nitrogens with one attached hydrogen (secondary N) is 2. The molecule has 0 atom stereocenters. The molecule has 0 unspecified atom stereocenters. The summed E-state index contributed by atoms with van der Waals surface area (Å²) in [6.45, 7) is 20.1. The number of ether oxygens (including phenoxy) is 4. The van der Waals surface area contributed by atoms with Crippen LogP contribution >= 0.6 is 0 Å². The standard InChI is InChI=1S/C28H52N4O8/c1-11-37-21(33)20-31-16-14-29-12-13-30-15-17-32(19-18-31)28(22(34)38-25(2,3)4,23(35)39-26(5,6)7)24(36)40-27(8,9)10/h29-30H,11-20H2,1-10H3. The molecule has 0 aromatic heterocycles. The van der Waals surface area contributed by atoms with Gasteiger partial charge in [-0.3, -0.25) is 14.6 Å². The normalized spacial score (nSPS) is 17.6. The average Bonchev–Trinajstić information content (AvgIpc) is 2.73. The Morgan fingerprint density at radius 2 is 1.05 bits per heavy atom. The highest BCUT2D eigenvalue weighted by atomic mass is 16.6. The molecule has 2 N–H and O–H groups in total. The molecule has 1 saturated heterocycles. The van der Waals surface area contributed by atoms with Crippen LogP contribution in [0.2, 0.25) is 0 Å². The Balaban J connectivity index is 3.72. The topological polar surface area (TPSA) is 136 Å². The Morgan fingerprint density at radius 3 is 1.45 bits per heavy atom. The van der Waals surface area contributed by atoms with Gasteiger partial charge in [-0.25, -0.2) is 14.4 Å². The predicted octanol–water partition coefficient (Wildman–Crippen LogP) is 1.11. The number of esters is 4. The van der Waals surface area contributed by atoms with Crippen LogP contribution in [0.5, 0.6) is 0 Å². The number of carbonyl (C=O) groups is 4. The highest BCUT2D eigenvalue weighted by Crippen LogP contribution is 2.29. The van der Waals surface area contributed by atoms with Crippen molar-refractivity contribution in [2.75, 3.05) is 65.5 Å². The molecule has 1 aliphatic heterocycles. The van der Waals surface area contributed by atoms with E-state index in [4.69, 9.17) is 18.9 Å². The van der Waals surface area contributed by atoms with Crippen LogP contribution in [0.15, 0.2) is 0 Å². The summed E-state index contributed by atoms with van der Waals surface area (Å²) in [6.07, 6.45) is 0. The van der Waals surface area contributed by atoms with E-state index in [1.165, 1.54) is 4.90 Å². The van der Waals surface area contributed by atoms with Crippen LogP contribution in [0.4, 0.5) is 0 Å². The molecule has 0 saturated carbocycles. The molecule has 0 bridgehead atoms. The first-order chi connectivity index (χ1) is 18.3. The predicted molar refractivity (Wildman–Crippen MR) is 151 cm³/mol. The van der Waals surface area contributed by atoms with Gasteiger partial charge in [0.25, 0.3) is 0 Å². The number of carbonyl (C=O) groups excluding carboxylic acids is 4. The summed E-state index contributed by atoms with van der Waals surface area (Å²) in [6, 6.07) is 0. The lowest BCUT2D eigenvalue weighted by Crippen LogP contribution is -2.70. The summed E-state index contributed by atoms with van der Waals surface area (Å²) < 4.78 is 22.3. The molecule has 0 spiro atoms. The third kappa shape index (κ3) is 12.1. The fourth-order valence-electron chi connectivity index (χ4n) is 3.94. The molecule has 12 nitrogen and oxygen atoms in total. The van der Waals surface area contributed by atoms with Gasteiger partial charge in [-0.1, -0.05) is 0 Å². The quantitative estimate of drug-likeness (QED) is 0.257. The molecule has 1 heterocycles.